The van der Waals surface area contributed by atoms with Gasteiger partial charge in [-0.3, -0.25) is 14.9 Å². The molecule has 0 spiro atoms. The number of hydrogen-bond donors (Lipinski definition) is 1. The van der Waals surface area contributed by atoms with E-state index in [-0.39, 0.29) is 5.75 Å². The Hall–Kier alpha value is -2.52. The minimum Gasteiger partial charge on any atom is -0.292 e. The number of aryl methyl sites for hydroxylation is 1. The Morgan fingerprint density at radius 1 is 1.19 bits per heavy atom. The molecule has 1 aromatic heterocycles. The number of carbonyl (C=O) groups is 2. The van der Waals surface area contributed by atoms with Crippen molar-refractivity contribution in [2.75, 3.05) is 5.75 Å². The highest BCUT2D eigenvalue weighted by atomic mass is 79.9. The highest BCUT2D eigenvalue weighted by molar-refractivity contribution is 9.10. The van der Waals surface area contributed by atoms with Crippen molar-refractivity contribution in [3.05, 3.63) is 64.1 Å². The number of imide groups is 1. The molecule has 0 bridgehead atoms. The van der Waals surface area contributed by atoms with Crippen molar-refractivity contribution >= 4 is 39.5 Å². The summed E-state index contributed by atoms with van der Waals surface area (Å²) in [6.07, 6.45) is 0. The summed E-state index contributed by atoms with van der Waals surface area (Å²) in [6, 6.07) is 14.6. The molecule has 9 heteroatoms. The number of amides is 2. The highest BCUT2D eigenvalue weighted by Gasteiger charge is 2.15. The van der Waals surface area contributed by atoms with Crippen LogP contribution in [-0.4, -0.2) is 37.8 Å². The van der Waals surface area contributed by atoms with Gasteiger partial charge in [-0.25, -0.2) is 0 Å². The minimum absolute atomic E-state index is 0.0163. The molecule has 7 nitrogen and oxygen atoms in total. The zero-order valence-corrected chi connectivity index (χ0v) is 16.1. The minimum atomic E-state index is -0.457. The van der Waals surface area contributed by atoms with Crippen LogP contribution in [0.1, 0.15) is 15.9 Å². The second kappa shape index (κ2) is 8.24. The van der Waals surface area contributed by atoms with E-state index >= 15 is 0 Å². The monoisotopic (exact) mass is 431 g/mol. The van der Waals surface area contributed by atoms with Gasteiger partial charge in [0.15, 0.2) is 0 Å². The number of nitrogens with zero attached hydrogens (tertiary/aromatic N) is 4. The number of tetrazole rings is 1. The van der Waals surface area contributed by atoms with Crippen LogP contribution in [0.5, 0.6) is 0 Å². The van der Waals surface area contributed by atoms with Crippen LogP contribution in [0.15, 0.2) is 58.2 Å². The van der Waals surface area contributed by atoms with Gasteiger partial charge in [0.05, 0.1) is 17.0 Å². The van der Waals surface area contributed by atoms with E-state index in [4.69, 9.17) is 0 Å². The first-order chi connectivity index (χ1) is 12.5. The molecule has 2 amide bonds. The normalized spacial score (nSPS) is 10.5. The van der Waals surface area contributed by atoms with Crippen molar-refractivity contribution in [3.63, 3.8) is 0 Å². The Kier molecular flexibility index (Phi) is 5.79. The molecule has 3 rings (SSSR count). The van der Waals surface area contributed by atoms with Gasteiger partial charge in [-0.1, -0.05) is 36.0 Å². The van der Waals surface area contributed by atoms with Crippen molar-refractivity contribution in [3.8, 4) is 5.69 Å². The average molecular weight is 432 g/mol. The summed E-state index contributed by atoms with van der Waals surface area (Å²) in [5.74, 6) is -0.863. The maximum Gasteiger partial charge on any atom is 0.259 e. The van der Waals surface area contributed by atoms with Crippen molar-refractivity contribution in [2.45, 2.75) is 12.1 Å². The largest absolute Gasteiger partial charge is 0.292 e. The fraction of sp³-hybridized carbons (Fsp3) is 0.118. The second-order valence-corrected chi connectivity index (χ2v) is 7.15. The van der Waals surface area contributed by atoms with Crippen molar-refractivity contribution in [1.29, 1.82) is 0 Å². The fourth-order valence-corrected chi connectivity index (χ4v) is 3.35. The summed E-state index contributed by atoms with van der Waals surface area (Å²) < 4.78 is 2.18. The van der Waals surface area contributed by atoms with E-state index in [0.717, 1.165) is 23.0 Å². The van der Waals surface area contributed by atoms with Crippen LogP contribution in [0.4, 0.5) is 0 Å². The summed E-state index contributed by atoms with van der Waals surface area (Å²) in [6.45, 7) is 1.97. The molecule has 0 aliphatic carbocycles. The molecule has 0 radical (unpaired) electrons. The van der Waals surface area contributed by atoms with E-state index in [1.54, 1.807) is 28.9 Å². The van der Waals surface area contributed by atoms with Gasteiger partial charge in [-0.15, -0.1) is 5.10 Å². The van der Waals surface area contributed by atoms with E-state index < -0.39 is 11.8 Å². The van der Waals surface area contributed by atoms with E-state index in [2.05, 4.69) is 36.8 Å². The van der Waals surface area contributed by atoms with E-state index in [1.165, 1.54) is 0 Å². The smallest absolute Gasteiger partial charge is 0.259 e. The number of rotatable bonds is 5. The van der Waals surface area contributed by atoms with Gasteiger partial charge < -0.3 is 0 Å². The molecule has 0 aliphatic heterocycles. The van der Waals surface area contributed by atoms with Crippen molar-refractivity contribution in [1.82, 2.24) is 25.5 Å². The molecule has 0 unspecified atom stereocenters. The van der Waals surface area contributed by atoms with Crippen LogP contribution < -0.4 is 5.32 Å². The third-order valence-electron chi connectivity index (χ3n) is 3.39. The number of thioether (sulfide) groups is 1. The van der Waals surface area contributed by atoms with Crippen LogP contribution in [0.25, 0.3) is 5.69 Å². The first kappa shape index (κ1) is 18.3. The topological polar surface area (TPSA) is 89.8 Å². The summed E-state index contributed by atoms with van der Waals surface area (Å²) in [5.41, 5.74) is 2.28. The SMILES string of the molecule is Cc1cccc(-n2nnnc2SCC(=O)NC(=O)c2ccccc2Br)c1. The molecule has 0 fully saturated rings. The number of hydrogen-bond acceptors (Lipinski definition) is 6. The predicted molar refractivity (Wildman–Crippen MR) is 101 cm³/mol. The second-order valence-electron chi connectivity index (χ2n) is 5.36. The Morgan fingerprint density at radius 3 is 2.77 bits per heavy atom. The number of benzene rings is 2. The van der Waals surface area contributed by atoms with Crippen molar-refractivity contribution < 1.29 is 9.59 Å². The van der Waals surface area contributed by atoms with Gasteiger partial charge in [0.1, 0.15) is 0 Å². The molecular formula is C17H14BrN5O2S. The first-order valence-electron chi connectivity index (χ1n) is 7.61. The Morgan fingerprint density at radius 2 is 2.00 bits per heavy atom. The molecule has 26 heavy (non-hydrogen) atoms. The van der Waals surface area contributed by atoms with Crippen LogP contribution in [0.2, 0.25) is 0 Å². The van der Waals surface area contributed by atoms with E-state index in [0.29, 0.717) is 15.2 Å². The zero-order chi connectivity index (χ0) is 18.5. The first-order valence-corrected chi connectivity index (χ1v) is 9.39. The number of aromatic nitrogens is 4. The molecule has 1 heterocycles. The Labute approximate surface area is 162 Å². The lowest BCUT2D eigenvalue weighted by atomic mass is 10.2. The van der Waals surface area contributed by atoms with Crippen LogP contribution in [0.3, 0.4) is 0 Å². The number of carbonyl (C=O) groups excluding carboxylic acids is 2. The molecule has 0 aliphatic rings. The molecule has 3 aromatic rings. The maximum atomic E-state index is 12.1. The molecule has 0 saturated heterocycles. The lowest BCUT2D eigenvalue weighted by Gasteiger charge is -2.06. The molecule has 1 N–H and O–H groups in total. The van der Waals surface area contributed by atoms with E-state index in [9.17, 15) is 9.59 Å². The van der Waals surface area contributed by atoms with Gasteiger partial charge in [0, 0.05) is 4.47 Å². The quantitative estimate of drug-likeness (QED) is 0.624. The maximum absolute atomic E-state index is 12.1. The fourth-order valence-electron chi connectivity index (χ4n) is 2.20. The van der Waals surface area contributed by atoms with Gasteiger partial charge >= 0.3 is 0 Å². The lowest BCUT2D eigenvalue weighted by molar-refractivity contribution is -0.117. The Bertz CT molecular complexity index is 960. The van der Waals surface area contributed by atoms with Gasteiger partial charge in [0.2, 0.25) is 11.1 Å². The molecule has 0 saturated carbocycles. The van der Waals surface area contributed by atoms with Gasteiger partial charge in [0.25, 0.3) is 5.91 Å². The zero-order valence-electron chi connectivity index (χ0n) is 13.7. The third kappa shape index (κ3) is 4.36. The molecular weight excluding hydrogens is 418 g/mol. The van der Waals surface area contributed by atoms with Crippen molar-refractivity contribution in [2.24, 2.45) is 0 Å². The number of halogens is 1. The van der Waals surface area contributed by atoms with Crippen LogP contribution in [-0.2, 0) is 4.79 Å². The van der Waals surface area contributed by atoms with Crippen LogP contribution >= 0.6 is 27.7 Å². The highest BCUT2D eigenvalue weighted by Crippen LogP contribution is 2.19. The lowest BCUT2D eigenvalue weighted by Crippen LogP contribution is -2.32. The molecule has 0 atom stereocenters. The summed E-state index contributed by atoms with van der Waals surface area (Å²) in [5, 5.41) is 14.4. The summed E-state index contributed by atoms with van der Waals surface area (Å²) in [4.78, 5) is 24.2. The van der Waals surface area contributed by atoms with Crippen LogP contribution in [0, 0.1) is 6.92 Å². The summed E-state index contributed by atoms with van der Waals surface area (Å²) >= 11 is 4.45. The summed E-state index contributed by atoms with van der Waals surface area (Å²) in [7, 11) is 0. The third-order valence-corrected chi connectivity index (χ3v) is 5.00. The standard InChI is InChI=1S/C17H14BrN5O2S/c1-11-5-4-6-12(9-11)23-17(20-21-22-23)26-10-15(24)19-16(25)13-7-2-3-8-14(13)18/h2-9H,10H2,1H3,(H,19,24,25). The molecule has 2 aromatic carbocycles. The predicted octanol–water partition coefficient (Wildman–Crippen LogP) is 2.78. The van der Waals surface area contributed by atoms with E-state index in [1.807, 2.05) is 31.2 Å². The average Bonchev–Trinajstić information content (AvgIpc) is 3.09. The number of nitrogens with one attached hydrogen (secondary N) is 1. The van der Waals surface area contributed by atoms with Gasteiger partial charge in [-0.05, 0) is 63.1 Å². The van der Waals surface area contributed by atoms with Gasteiger partial charge in [-0.2, -0.15) is 4.68 Å². The Balaban J connectivity index is 1.63. The molecule has 132 valence electrons.